The zero-order valence-electron chi connectivity index (χ0n) is 20.6. The van der Waals surface area contributed by atoms with E-state index in [2.05, 4.69) is 5.16 Å². The first-order chi connectivity index (χ1) is 19.3. The number of carbonyl (C=O) groups is 2. The molecule has 8 nitrogen and oxygen atoms in total. The highest BCUT2D eigenvalue weighted by Crippen LogP contribution is 2.50. The lowest BCUT2D eigenvalue weighted by Gasteiger charge is -2.25. The molecule has 0 spiro atoms. The molecule has 6 rings (SSSR count). The summed E-state index contributed by atoms with van der Waals surface area (Å²) in [6.07, 6.45) is 1.66. The third-order valence-electron chi connectivity index (χ3n) is 6.79. The van der Waals surface area contributed by atoms with Crippen LogP contribution in [0.5, 0.6) is 0 Å². The molecule has 40 heavy (non-hydrogen) atoms. The Hall–Kier alpha value is -5.28. The predicted octanol–water partition coefficient (Wildman–Crippen LogP) is 5.39. The molecule has 0 radical (unpaired) electrons. The number of hydrogen-bond donors (Lipinski definition) is 2. The van der Waals surface area contributed by atoms with Crippen LogP contribution in [0.1, 0.15) is 16.7 Å². The van der Waals surface area contributed by atoms with Gasteiger partial charge < -0.3 is 10.2 Å². The Kier molecular flexibility index (Phi) is 5.93. The number of aliphatic carboxylic acids is 2. The Morgan fingerprint density at radius 3 is 2.05 bits per heavy atom. The third-order valence-corrected chi connectivity index (χ3v) is 7.91. The highest BCUT2D eigenvalue weighted by atomic mass is 32.2. The zero-order chi connectivity index (χ0) is 28.0. The SMILES string of the molecule is O=C(O)C1=C(C(=O)O)C(c2cccc3ccccc23)=C2C(=Cc3ccccc32)C1=NOS(=O)(=O)c1ccccc1. The van der Waals surface area contributed by atoms with Crippen molar-refractivity contribution in [1.29, 1.82) is 0 Å². The van der Waals surface area contributed by atoms with Crippen molar-refractivity contribution >= 4 is 55.8 Å². The van der Waals surface area contributed by atoms with Gasteiger partial charge in [-0.25, -0.2) is 9.59 Å². The molecule has 4 aromatic rings. The van der Waals surface area contributed by atoms with Gasteiger partial charge in [0, 0.05) is 16.7 Å². The Bertz CT molecular complexity index is 1980. The normalized spacial score (nSPS) is 15.6. The van der Waals surface area contributed by atoms with E-state index in [9.17, 15) is 28.2 Å². The standard InChI is InChI=1S/C31H19NO7S/c33-30(34)27-26(23-16-8-11-18-9-4-6-14-21(18)23)25-22-15-7-5-10-19(22)17-24(25)29(28(27)31(35)36)32-39-40(37,38)20-12-2-1-3-13-20/h1-17H,(H,33,34)(H,35,36). The molecule has 0 aromatic heterocycles. The first kappa shape index (κ1) is 25.0. The summed E-state index contributed by atoms with van der Waals surface area (Å²) in [6, 6.07) is 27.2. The summed E-state index contributed by atoms with van der Waals surface area (Å²) in [5.41, 5.74) is 1.13. The first-order valence-electron chi connectivity index (χ1n) is 12.1. The van der Waals surface area contributed by atoms with Crippen LogP contribution in [0.3, 0.4) is 0 Å². The number of hydrogen-bond acceptors (Lipinski definition) is 6. The molecule has 0 fully saturated rings. The summed E-state index contributed by atoms with van der Waals surface area (Å²) in [5, 5.41) is 26.2. The average molecular weight is 550 g/mol. The second-order valence-electron chi connectivity index (χ2n) is 9.06. The second kappa shape index (κ2) is 9.48. The molecule has 2 N–H and O–H groups in total. The van der Waals surface area contributed by atoms with E-state index < -0.39 is 38.9 Å². The molecular weight excluding hydrogens is 530 g/mol. The summed E-state index contributed by atoms with van der Waals surface area (Å²) in [6.45, 7) is 0. The average Bonchev–Trinajstić information content (AvgIpc) is 3.35. The first-order valence-corrected chi connectivity index (χ1v) is 13.5. The quantitative estimate of drug-likeness (QED) is 0.309. The maximum absolute atomic E-state index is 12.9. The molecule has 2 aliphatic carbocycles. The number of allylic oxidation sites excluding steroid dienone is 2. The van der Waals surface area contributed by atoms with Gasteiger partial charge in [-0.15, -0.1) is 0 Å². The summed E-state index contributed by atoms with van der Waals surface area (Å²) in [4.78, 5) is 25.4. The smallest absolute Gasteiger partial charge is 0.358 e. The van der Waals surface area contributed by atoms with Crippen molar-refractivity contribution in [3.8, 4) is 0 Å². The largest absolute Gasteiger partial charge is 0.478 e. The topological polar surface area (TPSA) is 130 Å². The Balaban J connectivity index is 1.68. The third kappa shape index (κ3) is 4.00. The highest BCUT2D eigenvalue weighted by molar-refractivity contribution is 7.86. The van der Waals surface area contributed by atoms with Crippen molar-refractivity contribution < 1.29 is 32.5 Å². The van der Waals surface area contributed by atoms with E-state index >= 15 is 0 Å². The molecule has 4 aromatic carbocycles. The van der Waals surface area contributed by atoms with Crippen LogP contribution in [0.15, 0.2) is 124 Å². The number of carboxylic acids is 2. The minimum Gasteiger partial charge on any atom is -0.478 e. The molecular formula is C31H19NO7S. The number of carboxylic acid groups (broad SMARTS) is 2. The second-order valence-corrected chi connectivity index (χ2v) is 10.6. The minimum absolute atomic E-state index is 0.189. The number of fused-ring (bicyclic) bond motifs is 4. The van der Waals surface area contributed by atoms with Gasteiger partial charge in [-0.05, 0) is 45.7 Å². The molecule has 0 heterocycles. The number of benzene rings is 4. The zero-order valence-corrected chi connectivity index (χ0v) is 21.4. The van der Waals surface area contributed by atoms with Crippen molar-refractivity contribution in [1.82, 2.24) is 0 Å². The summed E-state index contributed by atoms with van der Waals surface area (Å²) >= 11 is 0. The fourth-order valence-electron chi connectivity index (χ4n) is 5.13. The van der Waals surface area contributed by atoms with E-state index in [1.165, 1.54) is 24.3 Å². The maximum atomic E-state index is 12.9. The van der Waals surface area contributed by atoms with E-state index in [0.717, 1.165) is 10.8 Å². The van der Waals surface area contributed by atoms with Gasteiger partial charge in [-0.2, -0.15) is 8.42 Å². The van der Waals surface area contributed by atoms with Crippen molar-refractivity contribution in [2.75, 3.05) is 0 Å². The molecule has 0 amide bonds. The Labute approximate surface area is 228 Å². The highest BCUT2D eigenvalue weighted by Gasteiger charge is 2.41. The van der Waals surface area contributed by atoms with E-state index in [1.807, 2.05) is 30.3 Å². The molecule has 2 aliphatic rings. The molecule has 9 heteroatoms. The molecule has 0 saturated carbocycles. The van der Waals surface area contributed by atoms with Crippen LogP contribution < -0.4 is 0 Å². The Morgan fingerprint density at radius 1 is 0.675 bits per heavy atom. The lowest BCUT2D eigenvalue weighted by Crippen LogP contribution is -2.26. The molecule has 0 unspecified atom stereocenters. The van der Waals surface area contributed by atoms with Crippen LogP contribution in [0, 0.1) is 0 Å². The number of rotatable bonds is 6. The molecule has 0 atom stereocenters. The maximum Gasteiger partial charge on any atom is 0.358 e. The van der Waals surface area contributed by atoms with Crippen molar-refractivity contribution in [3.63, 3.8) is 0 Å². The molecule has 196 valence electrons. The van der Waals surface area contributed by atoms with E-state index in [-0.39, 0.29) is 16.0 Å². The van der Waals surface area contributed by atoms with E-state index in [4.69, 9.17) is 4.28 Å². The van der Waals surface area contributed by atoms with Crippen LogP contribution in [0.4, 0.5) is 0 Å². The number of oxime groups is 1. The van der Waals surface area contributed by atoms with Gasteiger partial charge in [0.15, 0.2) is 0 Å². The lowest BCUT2D eigenvalue weighted by atomic mass is 9.77. The monoisotopic (exact) mass is 549 g/mol. The van der Waals surface area contributed by atoms with Gasteiger partial charge >= 0.3 is 22.1 Å². The fraction of sp³-hybridized carbons (Fsp3) is 0. The van der Waals surface area contributed by atoms with Crippen LogP contribution in [-0.4, -0.2) is 36.3 Å². The molecule has 0 aliphatic heterocycles. The lowest BCUT2D eigenvalue weighted by molar-refractivity contribution is -0.135. The fourth-order valence-corrected chi connectivity index (χ4v) is 5.88. The van der Waals surface area contributed by atoms with Gasteiger partial charge in [0.1, 0.15) is 16.2 Å². The molecule has 0 bridgehead atoms. The van der Waals surface area contributed by atoms with Crippen LogP contribution in [-0.2, 0) is 24.0 Å². The minimum atomic E-state index is -4.43. The van der Waals surface area contributed by atoms with E-state index in [1.54, 1.807) is 48.5 Å². The van der Waals surface area contributed by atoms with Gasteiger partial charge in [0.2, 0.25) is 0 Å². The molecule has 0 saturated heterocycles. The van der Waals surface area contributed by atoms with Crippen molar-refractivity contribution in [2.24, 2.45) is 5.16 Å². The predicted molar refractivity (Wildman–Crippen MR) is 150 cm³/mol. The number of nitrogens with zero attached hydrogens (tertiary/aromatic N) is 1. The summed E-state index contributed by atoms with van der Waals surface area (Å²) in [5.74, 6) is -3.10. The van der Waals surface area contributed by atoms with Gasteiger partial charge in [0.05, 0.1) is 5.57 Å². The van der Waals surface area contributed by atoms with Gasteiger partial charge in [-0.3, -0.25) is 4.28 Å². The van der Waals surface area contributed by atoms with Gasteiger partial charge in [0.25, 0.3) is 0 Å². The van der Waals surface area contributed by atoms with E-state index in [0.29, 0.717) is 22.3 Å². The van der Waals surface area contributed by atoms with Crippen LogP contribution >= 0.6 is 0 Å². The summed E-state index contributed by atoms with van der Waals surface area (Å²) in [7, 11) is -4.43. The van der Waals surface area contributed by atoms with Crippen LogP contribution in [0.25, 0.3) is 28.0 Å². The Morgan fingerprint density at radius 2 is 1.30 bits per heavy atom. The van der Waals surface area contributed by atoms with Crippen molar-refractivity contribution in [3.05, 3.63) is 130 Å². The van der Waals surface area contributed by atoms with Crippen molar-refractivity contribution in [2.45, 2.75) is 4.90 Å². The summed E-state index contributed by atoms with van der Waals surface area (Å²) < 4.78 is 30.7. The van der Waals surface area contributed by atoms with Gasteiger partial charge in [-0.1, -0.05) is 90.1 Å². The van der Waals surface area contributed by atoms with Crippen LogP contribution in [0.2, 0.25) is 0 Å².